The number of aryl methyl sites for hydroxylation is 2. The molecule has 0 aliphatic carbocycles. The van der Waals surface area contributed by atoms with Crippen LogP contribution in [0.5, 0.6) is 0 Å². The van der Waals surface area contributed by atoms with E-state index in [0.29, 0.717) is 29.8 Å². The standard InChI is InChI=1S/C22H21N3O2/c1-16-9-11-19(25-22(27)18-7-3-2-4-8-18)20(14-16)24-21(26)12-10-17-6-5-13-23-15-17/h2-9,11,13-15H,10,12H2,1H3,(H,24,26)(H,25,27). The van der Waals surface area contributed by atoms with E-state index in [1.807, 2.05) is 49.4 Å². The Kier molecular flexibility index (Phi) is 5.94. The van der Waals surface area contributed by atoms with Crippen LogP contribution < -0.4 is 10.6 Å². The van der Waals surface area contributed by atoms with E-state index in [4.69, 9.17) is 0 Å². The number of pyridine rings is 1. The summed E-state index contributed by atoms with van der Waals surface area (Å²) in [6.45, 7) is 1.94. The van der Waals surface area contributed by atoms with Gasteiger partial charge in [0.2, 0.25) is 5.91 Å². The van der Waals surface area contributed by atoms with Crippen molar-refractivity contribution in [1.82, 2.24) is 4.98 Å². The topological polar surface area (TPSA) is 71.1 Å². The summed E-state index contributed by atoms with van der Waals surface area (Å²) >= 11 is 0. The Bertz CT molecular complexity index is 925. The highest BCUT2D eigenvalue weighted by Gasteiger charge is 2.11. The van der Waals surface area contributed by atoms with Crippen LogP contribution in [-0.4, -0.2) is 16.8 Å². The number of carbonyl (C=O) groups is 2. The van der Waals surface area contributed by atoms with Crippen LogP contribution in [0, 0.1) is 6.92 Å². The maximum absolute atomic E-state index is 12.4. The number of hydrogen-bond acceptors (Lipinski definition) is 3. The second-order valence-corrected chi connectivity index (χ2v) is 6.28. The first-order valence-electron chi connectivity index (χ1n) is 8.77. The number of nitrogens with zero attached hydrogens (tertiary/aromatic N) is 1. The van der Waals surface area contributed by atoms with Gasteiger partial charge in [-0.1, -0.05) is 30.3 Å². The highest BCUT2D eigenvalue weighted by Crippen LogP contribution is 2.24. The number of carbonyl (C=O) groups excluding carboxylic acids is 2. The number of rotatable bonds is 6. The first-order valence-corrected chi connectivity index (χ1v) is 8.77. The van der Waals surface area contributed by atoms with E-state index >= 15 is 0 Å². The Morgan fingerprint density at radius 1 is 0.926 bits per heavy atom. The van der Waals surface area contributed by atoms with Gasteiger partial charge in [0.15, 0.2) is 0 Å². The number of amides is 2. The lowest BCUT2D eigenvalue weighted by Crippen LogP contribution is -2.17. The van der Waals surface area contributed by atoms with E-state index in [0.717, 1.165) is 11.1 Å². The maximum Gasteiger partial charge on any atom is 0.255 e. The van der Waals surface area contributed by atoms with Crippen molar-refractivity contribution in [2.45, 2.75) is 19.8 Å². The van der Waals surface area contributed by atoms with Gasteiger partial charge in [0, 0.05) is 24.4 Å². The van der Waals surface area contributed by atoms with E-state index in [1.54, 1.807) is 30.6 Å². The Morgan fingerprint density at radius 2 is 1.74 bits per heavy atom. The predicted molar refractivity (Wildman–Crippen MR) is 107 cm³/mol. The smallest absolute Gasteiger partial charge is 0.255 e. The molecule has 136 valence electrons. The van der Waals surface area contributed by atoms with Crippen molar-refractivity contribution in [2.24, 2.45) is 0 Å². The van der Waals surface area contributed by atoms with E-state index in [9.17, 15) is 9.59 Å². The van der Waals surface area contributed by atoms with Gasteiger partial charge >= 0.3 is 0 Å². The molecule has 1 heterocycles. The van der Waals surface area contributed by atoms with Crippen molar-refractivity contribution in [3.63, 3.8) is 0 Å². The molecular weight excluding hydrogens is 338 g/mol. The first kappa shape index (κ1) is 18.3. The predicted octanol–water partition coefficient (Wildman–Crippen LogP) is 4.21. The lowest BCUT2D eigenvalue weighted by Gasteiger charge is -2.13. The Labute approximate surface area is 158 Å². The molecule has 2 N–H and O–H groups in total. The van der Waals surface area contributed by atoms with Gasteiger partial charge in [0.25, 0.3) is 5.91 Å². The summed E-state index contributed by atoms with van der Waals surface area (Å²) in [5.41, 5.74) is 3.73. The third kappa shape index (κ3) is 5.25. The molecule has 0 saturated carbocycles. The van der Waals surface area contributed by atoms with Gasteiger partial charge in [-0.25, -0.2) is 0 Å². The molecule has 1 aromatic heterocycles. The highest BCUT2D eigenvalue weighted by molar-refractivity contribution is 6.07. The zero-order valence-corrected chi connectivity index (χ0v) is 15.1. The van der Waals surface area contributed by atoms with Crippen molar-refractivity contribution in [3.05, 3.63) is 89.7 Å². The van der Waals surface area contributed by atoms with E-state index in [2.05, 4.69) is 15.6 Å². The fourth-order valence-electron chi connectivity index (χ4n) is 2.67. The van der Waals surface area contributed by atoms with Crippen LogP contribution >= 0.6 is 0 Å². The van der Waals surface area contributed by atoms with Gasteiger partial charge < -0.3 is 10.6 Å². The molecule has 0 radical (unpaired) electrons. The lowest BCUT2D eigenvalue weighted by molar-refractivity contribution is -0.116. The second-order valence-electron chi connectivity index (χ2n) is 6.28. The molecule has 2 amide bonds. The summed E-state index contributed by atoms with van der Waals surface area (Å²) in [5, 5.41) is 5.77. The fourth-order valence-corrected chi connectivity index (χ4v) is 2.67. The molecular formula is C22H21N3O2. The summed E-state index contributed by atoms with van der Waals surface area (Å²) < 4.78 is 0. The van der Waals surface area contributed by atoms with Crippen LogP contribution in [-0.2, 0) is 11.2 Å². The monoisotopic (exact) mass is 359 g/mol. The van der Waals surface area contributed by atoms with Crippen molar-refractivity contribution < 1.29 is 9.59 Å². The van der Waals surface area contributed by atoms with Crippen LogP contribution in [0.25, 0.3) is 0 Å². The molecule has 5 heteroatoms. The molecule has 0 saturated heterocycles. The molecule has 27 heavy (non-hydrogen) atoms. The van der Waals surface area contributed by atoms with Crippen LogP contribution in [0.2, 0.25) is 0 Å². The molecule has 0 atom stereocenters. The minimum Gasteiger partial charge on any atom is -0.324 e. The third-order valence-electron chi connectivity index (χ3n) is 4.10. The third-order valence-corrected chi connectivity index (χ3v) is 4.10. The molecule has 0 unspecified atom stereocenters. The van der Waals surface area contributed by atoms with Crippen LogP contribution in [0.15, 0.2) is 73.1 Å². The fraction of sp³-hybridized carbons (Fsp3) is 0.136. The van der Waals surface area contributed by atoms with Gasteiger partial charge in [-0.15, -0.1) is 0 Å². The second kappa shape index (κ2) is 8.76. The van der Waals surface area contributed by atoms with Crippen LogP contribution in [0.1, 0.15) is 27.9 Å². The van der Waals surface area contributed by atoms with Gasteiger partial charge in [0.1, 0.15) is 0 Å². The molecule has 2 aromatic carbocycles. The van der Waals surface area contributed by atoms with Gasteiger partial charge in [0.05, 0.1) is 11.4 Å². The molecule has 0 bridgehead atoms. The lowest BCUT2D eigenvalue weighted by atomic mass is 10.1. The zero-order chi connectivity index (χ0) is 19.1. The Morgan fingerprint density at radius 3 is 2.48 bits per heavy atom. The van der Waals surface area contributed by atoms with Crippen LogP contribution in [0.4, 0.5) is 11.4 Å². The normalized spacial score (nSPS) is 10.3. The van der Waals surface area contributed by atoms with Crippen LogP contribution in [0.3, 0.4) is 0 Å². The summed E-state index contributed by atoms with van der Waals surface area (Å²) in [6, 6.07) is 18.3. The molecule has 0 fully saturated rings. The average molecular weight is 359 g/mol. The number of hydrogen-bond donors (Lipinski definition) is 2. The summed E-state index contributed by atoms with van der Waals surface area (Å²) in [7, 11) is 0. The maximum atomic E-state index is 12.4. The van der Waals surface area contributed by atoms with Gasteiger partial charge in [-0.3, -0.25) is 14.6 Å². The number of anilines is 2. The molecule has 0 spiro atoms. The SMILES string of the molecule is Cc1ccc(NC(=O)c2ccccc2)c(NC(=O)CCc2cccnc2)c1. The van der Waals surface area contributed by atoms with Gasteiger partial charge in [-0.05, 0) is 54.8 Å². The van der Waals surface area contributed by atoms with Crippen molar-refractivity contribution in [1.29, 1.82) is 0 Å². The van der Waals surface area contributed by atoms with Crippen molar-refractivity contribution >= 4 is 23.2 Å². The minimum atomic E-state index is -0.217. The molecule has 0 aliphatic rings. The molecule has 5 nitrogen and oxygen atoms in total. The molecule has 3 aromatic rings. The van der Waals surface area contributed by atoms with E-state index in [-0.39, 0.29) is 11.8 Å². The first-order chi connectivity index (χ1) is 13.1. The largest absolute Gasteiger partial charge is 0.324 e. The van der Waals surface area contributed by atoms with Gasteiger partial charge in [-0.2, -0.15) is 0 Å². The zero-order valence-electron chi connectivity index (χ0n) is 15.1. The van der Waals surface area contributed by atoms with Crippen molar-refractivity contribution in [2.75, 3.05) is 10.6 Å². The Hall–Kier alpha value is -3.47. The highest BCUT2D eigenvalue weighted by atomic mass is 16.2. The van der Waals surface area contributed by atoms with E-state index in [1.165, 1.54) is 0 Å². The Balaban J connectivity index is 1.68. The quantitative estimate of drug-likeness (QED) is 0.692. The summed E-state index contributed by atoms with van der Waals surface area (Å²) in [6.07, 6.45) is 4.41. The van der Waals surface area contributed by atoms with Crippen molar-refractivity contribution in [3.8, 4) is 0 Å². The van der Waals surface area contributed by atoms with E-state index < -0.39 is 0 Å². The molecule has 3 rings (SSSR count). The average Bonchev–Trinajstić information content (AvgIpc) is 2.70. The number of benzene rings is 2. The summed E-state index contributed by atoms with van der Waals surface area (Å²) in [4.78, 5) is 28.8. The summed E-state index contributed by atoms with van der Waals surface area (Å²) in [5.74, 6) is -0.329. The minimum absolute atomic E-state index is 0.111. The number of nitrogens with one attached hydrogen (secondary N) is 2. The number of aromatic nitrogens is 1. The molecule has 0 aliphatic heterocycles.